The minimum atomic E-state index is -0.304. The highest BCUT2D eigenvalue weighted by Gasteiger charge is 2.18. The molecule has 0 bridgehead atoms. The molecule has 0 atom stereocenters. The van der Waals surface area contributed by atoms with Crippen LogP contribution in [0.3, 0.4) is 0 Å². The number of halogens is 1. The zero-order valence-corrected chi connectivity index (χ0v) is 16.7. The van der Waals surface area contributed by atoms with E-state index in [9.17, 15) is 9.18 Å². The Morgan fingerprint density at radius 1 is 1.07 bits per heavy atom. The van der Waals surface area contributed by atoms with Crippen molar-refractivity contribution in [3.05, 3.63) is 60.4 Å². The van der Waals surface area contributed by atoms with Gasteiger partial charge in [-0.2, -0.15) is 0 Å². The van der Waals surface area contributed by atoms with Crippen LogP contribution >= 0.6 is 11.8 Å². The summed E-state index contributed by atoms with van der Waals surface area (Å²) >= 11 is 1.33. The lowest BCUT2D eigenvalue weighted by atomic mass is 10.2. The number of nitrogens with one attached hydrogen (secondary N) is 1. The Kier molecular flexibility index (Phi) is 6.81. The van der Waals surface area contributed by atoms with Crippen LogP contribution in [0.1, 0.15) is 26.7 Å². The van der Waals surface area contributed by atoms with E-state index >= 15 is 0 Å². The van der Waals surface area contributed by atoms with Gasteiger partial charge in [0.05, 0.1) is 5.75 Å². The summed E-state index contributed by atoms with van der Waals surface area (Å²) in [6.07, 6.45) is 1.81. The molecule has 1 N–H and O–H groups in total. The van der Waals surface area contributed by atoms with Crippen LogP contribution in [0.5, 0.6) is 0 Å². The third-order valence-corrected chi connectivity index (χ3v) is 5.36. The van der Waals surface area contributed by atoms with Crippen LogP contribution in [0.15, 0.2) is 59.8 Å². The highest BCUT2D eigenvalue weighted by atomic mass is 32.2. The van der Waals surface area contributed by atoms with E-state index in [1.54, 1.807) is 12.1 Å². The quantitative estimate of drug-likeness (QED) is 0.569. The number of hydrogen-bond acceptors (Lipinski definition) is 4. The van der Waals surface area contributed by atoms with Crippen LogP contribution in [0, 0.1) is 5.82 Å². The summed E-state index contributed by atoms with van der Waals surface area (Å²) in [5, 5.41) is 12.2. The molecule has 7 heteroatoms. The lowest BCUT2D eigenvalue weighted by molar-refractivity contribution is -0.119. The topological polar surface area (TPSA) is 59.8 Å². The van der Waals surface area contributed by atoms with E-state index in [1.165, 1.54) is 23.9 Å². The van der Waals surface area contributed by atoms with Crippen molar-refractivity contribution in [3.63, 3.8) is 0 Å². The van der Waals surface area contributed by atoms with E-state index in [4.69, 9.17) is 0 Å². The number of thioether (sulfide) groups is 1. The van der Waals surface area contributed by atoms with Crippen molar-refractivity contribution >= 4 is 17.7 Å². The first-order valence-corrected chi connectivity index (χ1v) is 10.3. The van der Waals surface area contributed by atoms with Gasteiger partial charge in [-0.25, -0.2) is 4.39 Å². The summed E-state index contributed by atoms with van der Waals surface area (Å²) in [5.74, 6) is 0.533. The van der Waals surface area contributed by atoms with Crippen molar-refractivity contribution in [2.24, 2.45) is 0 Å². The van der Waals surface area contributed by atoms with Crippen LogP contribution in [-0.2, 0) is 4.79 Å². The fourth-order valence-electron chi connectivity index (χ4n) is 2.85. The maximum absolute atomic E-state index is 13.3. The smallest absolute Gasteiger partial charge is 0.230 e. The van der Waals surface area contributed by atoms with E-state index in [1.807, 2.05) is 34.9 Å². The number of carbonyl (C=O) groups excluding carboxylic acids is 1. The lowest BCUT2D eigenvalue weighted by Crippen LogP contribution is -2.35. The van der Waals surface area contributed by atoms with Crippen molar-refractivity contribution in [3.8, 4) is 17.1 Å². The van der Waals surface area contributed by atoms with Gasteiger partial charge in [-0.3, -0.25) is 9.36 Å². The van der Waals surface area contributed by atoms with Gasteiger partial charge in [0.2, 0.25) is 5.91 Å². The molecule has 3 aromatic rings. The molecule has 146 valence electrons. The fraction of sp³-hybridized carbons (Fsp3) is 0.286. The first-order valence-electron chi connectivity index (χ1n) is 9.31. The fourth-order valence-corrected chi connectivity index (χ4v) is 3.61. The predicted octanol–water partition coefficient (Wildman–Crippen LogP) is 4.47. The molecule has 5 nitrogen and oxygen atoms in total. The van der Waals surface area contributed by atoms with Crippen molar-refractivity contribution in [2.75, 3.05) is 5.75 Å². The van der Waals surface area contributed by atoms with Crippen LogP contribution in [0.25, 0.3) is 17.1 Å². The molecule has 0 fully saturated rings. The average molecular weight is 399 g/mol. The number of aromatic nitrogens is 3. The summed E-state index contributed by atoms with van der Waals surface area (Å²) in [6.45, 7) is 4.12. The van der Waals surface area contributed by atoms with E-state index in [0.717, 1.165) is 24.1 Å². The van der Waals surface area contributed by atoms with Gasteiger partial charge in [0.25, 0.3) is 0 Å². The van der Waals surface area contributed by atoms with Gasteiger partial charge in [-0.15, -0.1) is 10.2 Å². The number of rotatable bonds is 8. The Balaban J connectivity index is 1.87. The molecule has 0 saturated carbocycles. The predicted molar refractivity (Wildman–Crippen MR) is 110 cm³/mol. The molecular formula is C21H23FN4OS. The van der Waals surface area contributed by atoms with E-state index in [2.05, 4.69) is 29.4 Å². The summed E-state index contributed by atoms with van der Waals surface area (Å²) in [7, 11) is 0. The molecule has 3 rings (SSSR count). The van der Waals surface area contributed by atoms with Crippen LogP contribution in [-0.4, -0.2) is 32.5 Å². The van der Waals surface area contributed by atoms with Crippen LogP contribution in [0.2, 0.25) is 0 Å². The molecule has 0 unspecified atom stereocenters. The number of nitrogens with zero attached hydrogens (tertiary/aromatic N) is 3. The Bertz CT molecular complexity index is 908. The molecular weight excluding hydrogens is 375 g/mol. The molecule has 2 aromatic carbocycles. The summed E-state index contributed by atoms with van der Waals surface area (Å²) < 4.78 is 15.2. The number of amides is 1. The molecule has 0 aliphatic rings. The molecule has 0 spiro atoms. The zero-order chi connectivity index (χ0) is 19.9. The Morgan fingerprint density at radius 3 is 2.39 bits per heavy atom. The maximum atomic E-state index is 13.3. The largest absolute Gasteiger partial charge is 0.353 e. The van der Waals surface area contributed by atoms with E-state index in [-0.39, 0.29) is 23.5 Å². The maximum Gasteiger partial charge on any atom is 0.230 e. The standard InChI is InChI=1S/C21H23FN4OS/c1-3-17(4-2)23-19(27)14-28-21-25-24-20(15-10-12-16(22)13-11-15)26(21)18-8-6-5-7-9-18/h5-13,17H,3-4,14H2,1-2H3,(H,23,27). The second-order valence-electron chi connectivity index (χ2n) is 6.35. The molecule has 1 heterocycles. The minimum Gasteiger partial charge on any atom is -0.353 e. The second-order valence-corrected chi connectivity index (χ2v) is 7.30. The Hall–Kier alpha value is -2.67. The van der Waals surface area contributed by atoms with Crippen molar-refractivity contribution in [1.29, 1.82) is 0 Å². The SMILES string of the molecule is CCC(CC)NC(=O)CSc1nnc(-c2ccc(F)cc2)n1-c1ccccc1. The Labute approximate surface area is 168 Å². The van der Waals surface area contributed by atoms with Gasteiger partial charge in [-0.05, 0) is 49.2 Å². The summed E-state index contributed by atoms with van der Waals surface area (Å²) in [4.78, 5) is 12.3. The number of hydrogen-bond donors (Lipinski definition) is 1. The van der Waals surface area contributed by atoms with Gasteiger partial charge in [0, 0.05) is 17.3 Å². The minimum absolute atomic E-state index is 0.0235. The highest BCUT2D eigenvalue weighted by molar-refractivity contribution is 7.99. The Morgan fingerprint density at radius 2 is 1.75 bits per heavy atom. The molecule has 1 amide bonds. The number of para-hydroxylation sites is 1. The highest BCUT2D eigenvalue weighted by Crippen LogP contribution is 2.28. The van der Waals surface area contributed by atoms with Gasteiger partial charge in [-0.1, -0.05) is 43.8 Å². The van der Waals surface area contributed by atoms with Crippen LogP contribution in [0.4, 0.5) is 4.39 Å². The van der Waals surface area contributed by atoms with Gasteiger partial charge in [0.1, 0.15) is 5.82 Å². The normalized spacial score (nSPS) is 11.0. The first-order chi connectivity index (χ1) is 13.6. The van der Waals surface area contributed by atoms with Crippen molar-refractivity contribution in [1.82, 2.24) is 20.1 Å². The zero-order valence-electron chi connectivity index (χ0n) is 15.9. The van der Waals surface area contributed by atoms with Crippen molar-refractivity contribution in [2.45, 2.75) is 37.9 Å². The molecule has 1 aromatic heterocycles. The second kappa shape index (κ2) is 9.50. The number of benzene rings is 2. The first kappa shape index (κ1) is 20.1. The van der Waals surface area contributed by atoms with Crippen molar-refractivity contribution < 1.29 is 9.18 Å². The molecule has 0 saturated heterocycles. The third-order valence-electron chi connectivity index (χ3n) is 4.43. The van der Waals surface area contributed by atoms with Gasteiger partial charge in [0.15, 0.2) is 11.0 Å². The molecule has 0 radical (unpaired) electrons. The monoisotopic (exact) mass is 398 g/mol. The lowest BCUT2D eigenvalue weighted by Gasteiger charge is -2.14. The van der Waals surface area contributed by atoms with E-state index in [0.29, 0.717) is 11.0 Å². The third kappa shape index (κ3) is 4.78. The molecule has 28 heavy (non-hydrogen) atoms. The van der Waals surface area contributed by atoms with E-state index < -0.39 is 0 Å². The summed E-state index contributed by atoms with van der Waals surface area (Å²) in [6, 6.07) is 16.0. The number of carbonyl (C=O) groups is 1. The molecule has 0 aliphatic carbocycles. The van der Waals surface area contributed by atoms with Gasteiger partial charge < -0.3 is 5.32 Å². The average Bonchev–Trinajstić information content (AvgIpc) is 3.15. The summed E-state index contributed by atoms with van der Waals surface area (Å²) in [5.41, 5.74) is 1.64. The van der Waals surface area contributed by atoms with Crippen LogP contribution < -0.4 is 5.32 Å². The van der Waals surface area contributed by atoms with Gasteiger partial charge >= 0.3 is 0 Å². The molecule has 0 aliphatic heterocycles.